The first-order valence-electron chi connectivity index (χ1n) is 6.57. The van der Waals surface area contributed by atoms with Crippen LogP contribution in [0.3, 0.4) is 0 Å². The molecule has 1 aliphatic heterocycles. The SMILES string of the molecule is CC(C)C(CN)(CO)CCCC1CCCO1. The van der Waals surface area contributed by atoms with E-state index >= 15 is 0 Å². The molecule has 0 amide bonds. The molecule has 0 bridgehead atoms. The Bertz CT molecular complexity index is 184. The van der Waals surface area contributed by atoms with Crippen LogP contribution in [0, 0.1) is 11.3 Å². The molecule has 96 valence electrons. The summed E-state index contributed by atoms with van der Waals surface area (Å²) >= 11 is 0. The molecule has 16 heavy (non-hydrogen) atoms. The summed E-state index contributed by atoms with van der Waals surface area (Å²) in [4.78, 5) is 0. The van der Waals surface area contributed by atoms with Gasteiger partial charge in [-0.25, -0.2) is 0 Å². The van der Waals surface area contributed by atoms with Crippen molar-refractivity contribution in [2.75, 3.05) is 19.8 Å². The fraction of sp³-hybridized carbons (Fsp3) is 1.00. The van der Waals surface area contributed by atoms with Crippen molar-refractivity contribution in [2.45, 2.75) is 52.1 Å². The average Bonchev–Trinajstić information content (AvgIpc) is 2.77. The van der Waals surface area contributed by atoms with Crippen LogP contribution >= 0.6 is 0 Å². The molecule has 3 N–H and O–H groups in total. The predicted molar refractivity (Wildman–Crippen MR) is 66.2 cm³/mol. The molecule has 0 aliphatic carbocycles. The first-order valence-corrected chi connectivity index (χ1v) is 6.57. The third-order valence-corrected chi connectivity index (χ3v) is 4.17. The minimum atomic E-state index is -0.0847. The van der Waals surface area contributed by atoms with Gasteiger partial charge in [-0.15, -0.1) is 0 Å². The minimum absolute atomic E-state index is 0.0847. The summed E-state index contributed by atoms with van der Waals surface area (Å²) in [7, 11) is 0. The first kappa shape index (κ1) is 13.9. The second-order valence-electron chi connectivity index (χ2n) is 5.41. The number of rotatable bonds is 7. The molecule has 0 spiro atoms. The Kier molecular flexibility index (Phi) is 5.73. The maximum Gasteiger partial charge on any atom is 0.0576 e. The Labute approximate surface area is 99.4 Å². The van der Waals surface area contributed by atoms with Crippen LogP contribution in [0.1, 0.15) is 46.0 Å². The van der Waals surface area contributed by atoms with Gasteiger partial charge in [0.25, 0.3) is 0 Å². The van der Waals surface area contributed by atoms with Crippen molar-refractivity contribution in [3.8, 4) is 0 Å². The molecule has 0 saturated carbocycles. The van der Waals surface area contributed by atoms with Crippen molar-refractivity contribution in [1.82, 2.24) is 0 Å². The van der Waals surface area contributed by atoms with Crippen molar-refractivity contribution in [2.24, 2.45) is 17.1 Å². The van der Waals surface area contributed by atoms with Crippen LogP contribution in [0.15, 0.2) is 0 Å². The van der Waals surface area contributed by atoms with Gasteiger partial charge in [0, 0.05) is 18.6 Å². The number of ether oxygens (including phenoxy) is 1. The van der Waals surface area contributed by atoms with E-state index in [2.05, 4.69) is 13.8 Å². The fourth-order valence-corrected chi connectivity index (χ4v) is 2.51. The van der Waals surface area contributed by atoms with Gasteiger partial charge in [0.2, 0.25) is 0 Å². The molecule has 3 nitrogen and oxygen atoms in total. The topological polar surface area (TPSA) is 55.5 Å². The van der Waals surface area contributed by atoms with E-state index in [1.54, 1.807) is 0 Å². The van der Waals surface area contributed by atoms with Gasteiger partial charge in [0.1, 0.15) is 0 Å². The largest absolute Gasteiger partial charge is 0.396 e. The Morgan fingerprint density at radius 3 is 2.69 bits per heavy atom. The van der Waals surface area contributed by atoms with Crippen LogP contribution in [-0.2, 0) is 4.74 Å². The van der Waals surface area contributed by atoms with Crippen molar-refractivity contribution in [3.05, 3.63) is 0 Å². The lowest BCUT2D eigenvalue weighted by atomic mass is 9.74. The molecule has 1 saturated heterocycles. The van der Waals surface area contributed by atoms with Gasteiger partial charge in [0.15, 0.2) is 0 Å². The fourth-order valence-electron chi connectivity index (χ4n) is 2.51. The van der Waals surface area contributed by atoms with Crippen LogP contribution in [0.25, 0.3) is 0 Å². The van der Waals surface area contributed by atoms with Crippen LogP contribution in [0.5, 0.6) is 0 Å². The van der Waals surface area contributed by atoms with Gasteiger partial charge in [-0.05, 0) is 31.6 Å². The Morgan fingerprint density at radius 1 is 1.50 bits per heavy atom. The molecule has 0 aromatic heterocycles. The van der Waals surface area contributed by atoms with E-state index in [1.807, 2.05) is 0 Å². The van der Waals surface area contributed by atoms with Gasteiger partial charge in [0.05, 0.1) is 12.7 Å². The standard InChI is InChI=1S/C13H27NO2/c1-11(2)13(9-14,10-15)7-3-5-12-6-4-8-16-12/h11-12,15H,3-10,14H2,1-2H3. The molecule has 1 fully saturated rings. The van der Waals surface area contributed by atoms with Gasteiger partial charge in [-0.1, -0.05) is 20.3 Å². The number of aliphatic hydroxyl groups is 1. The lowest BCUT2D eigenvalue weighted by Gasteiger charge is -2.35. The first-order chi connectivity index (χ1) is 7.64. The molecule has 1 rings (SSSR count). The quantitative estimate of drug-likeness (QED) is 0.701. The normalized spacial score (nSPS) is 24.9. The van der Waals surface area contributed by atoms with Gasteiger partial charge in [-0.3, -0.25) is 0 Å². The molecule has 1 aliphatic rings. The lowest BCUT2D eigenvalue weighted by molar-refractivity contribution is 0.0600. The highest BCUT2D eigenvalue weighted by atomic mass is 16.5. The minimum Gasteiger partial charge on any atom is -0.396 e. The number of nitrogens with two attached hydrogens (primary N) is 1. The smallest absolute Gasteiger partial charge is 0.0576 e. The average molecular weight is 229 g/mol. The summed E-state index contributed by atoms with van der Waals surface area (Å²) in [5.74, 6) is 0.437. The van der Waals surface area contributed by atoms with E-state index in [1.165, 1.54) is 12.8 Å². The third-order valence-electron chi connectivity index (χ3n) is 4.17. The second kappa shape index (κ2) is 6.58. The van der Waals surface area contributed by atoms with E-state index in [-0.39, 0.29) is 12.0 Å². The highest BCUT2D eigenvalue weighted by Gasteiger charge is 2.31. The van der Waals surface area contributed by atoms with Crippen molar-refractivity contribution in [3.63, 3.8) is 0 Å². The van der Waals surface area contributed by atoms with E-state index in [4.69, 9.17) is 10.5 Å². The van der Waals surface area contributed by atoms with Crippen molar-refractivity contribution < 1.29 is 9.84 Å². The van der Waals surface area contributed by atoms with Crippen LogP contribution < -0.4 is 5.73 Å². The summed E-state index contributed by atoms with van der Waals surface area (Å²) < 4.78 is 5.60. The van der Waals surface area contributed by atoms with E-state index in [0.29, 0.717) is 18.6 Å². The van der Waals surface area contributed by atoms with Crippen molar-refractivity contribution >= 4 is 0 Å². The Balaban J connectivity index is 2.31. The maximum absolute atomic E-state index is 9.53. The van der Waals surface area contributed by atoms with E-state index in [0.717, 1.165) is 25.9 Å². The number of hydrogen-bond acceptors (Lipinski definition) is 3. The summed E-state index contributed by atoms with van der Waals surface area (Å²) in [6.45, 7) is 6.00. The zero-order valence-corrected chi connectivity index (χ0v) is 10.7. The highest BCUT2D eigenvalue weighted by molar-refractivity contribution is 4.83. The number of hydrogen-bond donors (Lipinski definition) is 2. The molecule has 0 aromatic carbocycles. The predicted octanol–water partition coefficient (Wildman–Crippen LogP) is 1.93. The Hall–Kier alpha value is -0.120. The van der Waals surface area contributed by atoms with Gasteiger partial charge in [-0.2, -0.15) is 0 Å². The van der Waals surface area contributed by atoms with Gasteiger partial charge < -0.3 is 15.6 Å². The summed E-state index contributed by atoms with van der Waals surface area (Å²) in [6, 6.07) is 0. The van der Waals surface area contributed by atoms with Crippen LogP contribution in [0.4, 0.5) is 0 Å². The monoisotopic (exact) mass is 229 g/mol. The van der Waals surface area contributed by atoms with Crippen LogP contribution in [0.2, 0.25) is 0 Å². The van der Waals surface area contributed by atoms with E-state index in [9.17, 15) is 5.11 Å². The maximum atomic E-state index is 9.53. The molecule has 3 heteroatoms. The Morgan fingerprint density at radius 2 is 2.25 bits per heavy atom. The van der Waals surface area contributed by atoms with Crippen molar-refractivity contribution in [1.29, 1.82) is 0 Å². The zero-order chi connectivity index (χ0) is 12.0. The molecule has 0 radical (unpaired) electrons. The second-order valence-corrected chi connectivity index (χ2v) is 5.41. The number of aliphatic hydroxyl groups excluding tert-OH is 1. The van der Waals surface area contributed by atoms with E-state index < -0.39 is 0 Å². The molecule has 0 aromatic rings. The molecular weight excluding hydrogens is 202 g/mol. The zero-order valence-electron chi connectivity index (χ0n) is 10.7. The molecule has 2 atom stereocenters. The molecule has 1 heterocycles. The highest BCUT2D eigenvalue weighted by Crippen LogP contribution is 2.32. The van der Waals surface area contributed by atoms with Crippen LogP contribution in [-0.4, -0.2) is 31.0 Å². The summed E-state index contributed by atoms with van der Waals surface area (Å²) in [5, 5.41) is 9.53. The molecular formula is C13H27NO2. The molecule has 2 unspecified atom stereocenters. The summed E-state index contributed by atoms with van der Waals surface area (Å²) in [5.41, 5.74) is 5.74. The summed E-state index contributed by atoms with van der Waals surface area (Å²) in [6.07, 6.45) is 6.11. The lowest BCUT2D eigenvalue weighted by Crippen LogP contribution is -2.39. The third kappa shape index (κ3) is 3.44. The van der Waals surface area contributed by atoms with Gasteiger partial charge >= 0.3 is 0 Å².